The Morgan fingerprint density at radius 2 is 2.03 bits per heavy atom. The van der Waals surface area contributed by atoms with E-state index in [4.69, 9.17) is 4.74 Å². The van der Waals surface area contributed by atoms with E-state index in [-0.39, 0.29) is 29.4 Å². The smallest absolute Gasteiger partial charge is 0.310 e. The number of nitrogens with one attached hydrogen (secondary N) is 2. The van der Waals surface area contributed by atoms with Crippen molar-refractivity contribution in [3.05, 3.63) is 65.5 Å². The molecule has 2 N–H and O–H groups in total. The quantitative estimate of drug-likeness (QED) is 0.440. The maximum absolute atomic E-state index is 14.9. The van der Waals surface area contributed by atoms with Crippen LogP contribution in [0.25, 0.3) is 11.3 Å². The summed E-state index contributed by atoms with van der Waals surface area (Å²) in [5, 5.41) is 9.77. The van der Waals surface area contributed by atoms with E-state index in [0.717, 1.165) is 11.6 Å². The number of carbonyl (C=O) groups excluding carboxylic acids is 2. The van der Waals surface area contributed by atoms with Crippen molar-refractivity contribution < 1.29 is 23.1 Å². The van der Waals surface area contributed by atoms with Gasteiger partial charge < -0.3 is 15.4 Å². The molecule has 2 heterocycles. The average molecular weight is 472 g/mol. The molecule has 0 aliphatic carbocycles. The zero-order valence-electron chi connectivity index (χ0n) is 19.3. The van der Waals surface area contributed by atoms with Crippen LogP contribution in [-0.4, -0.2) is 46.8 Å². The molecule has 3 aromatic rings. The third-order valence-corrected chi connectivity index (χ3v) is 5.33. The first-order valence-corrected chi connectivity index (χ1v) is 10.9. The lowest BCUT2D eigenvalue weighted by molar-refractivity contribution is -0.145. The molecule has 34 heavy (non-hydrogen) atoms. The summed E-state index contributed by atoms with van der Waals surface area (Å²) in [5.74, 6) is -2.40. The van der Waals surface area contributed by atoms with Crippen LogP contribution in [0.15, 0.2) is 42.7 Å². The van der Waals surface area contributed by atoms with Gasteiger partial charge in [0.05, 0.1) is 24.8 Å². The van der Waals surface area contributed by atoms with Gasteiger partial charge in [-0.2, -0.15) is 5.10 Å². The number of anilines is 1. The molecule has 2 aromatic heterocycles. The number of aryl methyl sites for hydroxylation is 1. The summed E-state index contributed by atoms with van der Waals surface area (Å²) in [6.45, 7) is 2.17. The molecule has 0 saturated heterocycles. The first kappa shape index (κ1) is 24.8. The molecule has 0 fully saturated rings. The minimum atomic E-state index is -0.686. The van der Waals surface area contributed by atoms with Crippen LogP contribution < -0.4 is 10.6 Å². The SMILES string of the molecule is CC[C@H](CNC(=O)c1cc(F)c(-c2cnn(C)c2)nc1NCCc1cccc(F)c1)C(=O)OC. The fourth-order valence-electron chi connectivity index (χ4n) is 3.43. The Balaban J connectivity index is 1.84. The Hall–Kier alpha value is -3.82. The molecule has 1 aromatic carbocycles. The summed E-state index contributed by atoms with van der Waals surface area (Å²) in [6.07, 6.45) is 4.02. The number of halogens is 2. The number of amides is 1. The molecular formula is C24H27F2N5O3. The van der Waals surface area contributed by atoms with Crippen LogP contribution in [0.4, 0.5) is 14.6 Å². The van der Waals surface area contributed by atoms with E-state index in [9.17, 15) is 18.4 Å². The second-order valence-corrected chi connectivity index (χ2v) is 7.76. The Morgan fingerprint density at radius 3 is 2.68 bits per heavy atom. The largest absolute Gasteiger partial charge is 0.469 e. The summed E-state index contributed by atoms with van der Waals surface area (Å²) >= 11 is 0. The van der Waals surface area contributed by atoms with Crippen molar-refractivity contribution in [2.75, 3.05) is 25.5 Å². The van der Waals surface area contributed by atoms with Gasteiger partial charge >= 0.3 is 5.97 Å². The van der Waals surface area contributed by atoms with Crippen molar-refractivity contribution >= 4 is 17.7 Å². The summed E-state index contributed by atoms with van der Waals surface area (Å²) in [7, 11) is 2.98. The fourth-order valence-corrected chi connectivity index (χ4v) is 3.43. The van der Waals surface area contributed by atoms with Crippen molar-refractivity contribution in [2.45, 2.75) is 19.8 Å². The molecule has 180 valence electrons. The highest BCUT2D eigenvalue weighted by molar-refractivity contribution is 5.99. The van der Waals surface area contributed by atoms with Crippen LogP contribution in [0.5, 0.6) is 0 Å². The third kappa shape index (κ3) is 6.15. The van der Waals surface area contributed by atoms with Gasteiger partial charge in [0.2, 0.25) is 0 Å². The molecule has 0 unspecified atom stereocenters. The van der Waals surface area contributed by atoms with Crippen molar-refractivity contribution in [1.29, 1.82) is 0 Å². The van der Waals surface area contributed by atoms with E-state index in [1.165, 1.54) is 30.1 Å². The maximum atomic E-state index is 14.9. The monoisotopic (exact) mass is 471 g/mol. The zero-order chi connectivity index (χ0) is 24.7. The predicted molar refractivity (Wildman–Crippen MR) is 123 cm³/mol. The lowest BCUT2D eigenvalue weighted by Gasteiger charge is -2.16. The lowest BCUT2D eigenvalue weighted by atomic mass is 10.1. The van der Waals surface area contributed by atoms with Gasteiger partial charge in [-0.3, -0.25) is 14.3 Å². The number of rotatable bonds is 10. The minimum Gasteiger partial charge on any atom is -0.469 e. The Labute approximate surface area is 196 Å². The van der Waals surface area contributed by atoms with Crippen molar-refractivity contribution in [3.8, 4) is 11.3 Å². The molecule has 8 nitrogen and oxygen atoms in total. The van der Waals surface area contributed by atoms with Crippen LogP contribution in [0.3, 0.4) is 0 Å². The van der Waals surface area contributed by atoms with Crippen LogP contribution >= 0.6 is 0 Å². The van der Waals surface area contributed by atoms with Crippen LogP contribution in [-0.2, 0) is 23.0 Å². The Kier molecular flexibility index (Phi) is 8.29. The van der Waals surface area contributed by atoms with Gasteiger partial charge in [0.25, 0.3) is 5.91 Å². The number of ether oxygens (including phenoxy) is 1. The summed E-state index contributed by atoms with van der Waals surface area (Å²) in [4.78, 5) is 29.1. The summed E-state index contributed by atoms with van der Waals surface area (Å²) < 4.78 is 34.7. The highest BCUT2D eigenvalue weighted by Crippen LogP contribution is 2.25. The normalized spacial score (nSPS) is 11.7. The van der Waals surface area contributed by atoms with E-state index in [1.54, 1.807) is 32.3 Å². The van der Waals surface area contributed by atoms with E-state index >= 15 is 0 Å². The number of aromatic nitrogens is 3. The second kappa shape index (κ2) is 11.4. The summed E-state index contributed by atoms with van der Waals surface area (Å²) in [6, 6.07) is 7.29. The number of hydrogen-bond acceptors (Lipinski definition) is 6. The molecule has 3 rings (SSSR count). The van der Waals surface area contributed by atoms with Gasteiger partial charge in [-0.05, 0) is 36.6 Å². The average Bonchev–Trinajstić information content (AvgIpc) is 3.25. The van der Waals surface area contributed by atoms with Gasteiger partial charge in [-0.1, -0.05) is 19.1 Å². The molecule has 10 heteroatoms. The highest BCUT2D eigenvalue weighted by atomic mass is 19.1. The van der Waals surface area contributed by atoms with E-state index in [1.807, 2.05) is 0 Å². The molecule has 1 atom stereocenters. The minimum absolute atomic E-state index is 0.0101. The number of hydrogen-bond donors (Lipinski definition) is 2. The Bertz CT molecular complexity index is 1170. The fraction of sp³-hybridized carbons (Fsp3) is 0.333. The van der Waals surface area contributed by atoms with E-state index in [0.29, 0.717) is 24.9 Å². The molecule has 1 amide bonds. The molecule has 0 saturated carbocycles. The van der Waals surface area contributed by atoms with E-state index in [2.05, 4.69) is 20.7 Å². The topological polar surface area (TPSA) is 98.1 Å². The number of carbonyl (C=O) groups is 2. The summed E-state index contributed by atoms with van der Waals surface area (Å²) in [5.41, 5.74) is 1.25. The van der Waals surface area contributed by atoms with Crippen molar-refractivity contribution in [1.82, 2.24) is 20.1 Å². The molecule has 0 aliphatic rings. The van der Waals surface area contributed by atoms with Crippen LogP contribution in [0, 0.1) is 17.6 Å². The zero-order valence-corrected chi connectivity index (χ0v) is 19.3. The van der Waals surface area contributed by atoms with Gasteiger partial charge in [0.1, 0.15) is 17.3 Å². The van der Waals surface area contributed by atoms with Gasteiger partial charge in [0, 0.05) is 31.9 Å². The Morgan fingerprint density at radius 1 is 1.24 bits per heavy atom. The lowest BCUT2D eigenvalue weighted by Crippen LogP contribution is -2.34. The maximum Gasteiger partial charge on any atom is 0.310 e. The van der Waals surface area contributed by atoms with Crippen LogP contribution in [0.1, 0.15) is 29.3 Å². The number of pyridine rings is 1. The number of nitrogens with zero attached hydrogens (tertiary/aromatic N) is 3. The number of esters is 1. The molecule has 0 radical (unpaired) electrons. The second-order valence-electron chi connectivity index (χ2n) is 7.76. The van der Waals surface area contributed by atoms with Crippen molar-refractivity contribution in [2.24, 2.45) is 13.0 Å². The first-order valence-electron chi connectivity index (χ1n) is 10.9. The number of methoxy groups -OCH3 is 1. The van der Waals surface area contributed by atoms with Gasteiger partial charge in [-0.15, -0.1) is 0 Å². The highest BCUT2D eigenvalue weighted by Gasteiger charge is 2.22. The molecule has 0 spiro atoms. The first-order chi connectivity index (χ1) is 16.3. The standard InChI is InChI=1S/C24H27F2N5O3/c1-4-16(24(33)34-3)12-28-23(32)19-11-20(26)21(17-13-29-31(2)14-17)30-22(19)27-9-8-15-6-5-7-18(25)10-15/h5-7,10-11,13-14,16H,4,8-9,12H2,1-3H3,(H,27,30)(H,28,32)/t16-/m1/s1. The van der Waals surface area contributed by atoms with Crippen molar-refractivity contribution in [3.63, 3.8) is 0 Å². The van der Waals surface area contributed by atoms with Gasteiger partial charge in [0.15, 0.2) is 5.82 Å². The number of benzene rings is 1. The van der Waals surface area contributed by atoms with Gasteiger partial charge in [-0.25, -0.2) is 13.8 Å². The molecule has 0 bridgehead atoms. The molecule has 0 aliphatic heterocycles. The predicted octanol–water partition coefficient (Wildman–Crippen LogP) is 3.34. The third-order valence-electron chi connectivity index (χ3n) is 5.33. The molecular weight excluding hydrogens is 444 g/mol. The van der Waals surface area contributed by atoms with Crippen LogP contribution in [0.2, 0.25) is 0 Å². The van der Waals surface area contributed by atoms with E-state index < -0.39 is 23.6 Å².